The number of sulfonamides is 1. The molecule has 1 saturated carbocycles. The lowest BCUT2D eigenvalue weighted by molar-refractivity contribution is -0.141. The Balaban J connectivity index is 1.59. The molecule has 2 amide bonds. The topological polar surface area (TPSA) is 96.0 Å². The second kappa shape index (κ2) is 15.3. The highest BCUT2D eigenvalue weighted by Gasteiger charge is 2.32. The Morgan fingerprint density at radius 3 is 2.30 bits per heavy atom. The van der Waals surface area contributed by atoms with Gasteiger partial charge in [-0.2, -0.15) is 0 Å². The highest BCUT2D eigenvalue weighted by atomic mass is 35.5. The SMILES string of the molecule is COc1cccc(CN(C(=O)CCCN(c2ccc(Cl)cc2)S(C)(=O)=O)C(Cc2ccccc2)C(=O)NC2CCCC2)c1. The molecule has 1 aliphatic carbocycles. The number of methoxy groups -OCH3 is 1. The van der Waals surface area contributed by atoms with Gasteiger partial charge in [0.05, 0.1) is 19.1 Å². The van der Waals surface area contributed by atoms with Crippen LogP contribution in [0.1, 0.15) is 49.7 Å². The fraction of sp³-hybridized carbons (Fsp3) is 0.394. The first-order valence-electron chi connectivity index (χ1n) is 14.6. The van der Waals surface area contributed by atoms with Gasteiger partial charge in [-0.3, -0.25) is 13.9 Å². The number of rotatable bonds is 14. The Labute approximate surface area is 260 Å². The molecule has 0 aliphatic heterocycles. The van der Waals surface area contributed by atoms with Gasteiger partial charge in [-0.05, 0) is 66.8 Å². The van der Waals surface area contributed by atoms with Crippen molar-refractivity contribution >= 4 is 39.1 Å². The van der Waals surface area contributed by atoms with Crippen molar-refractivity contribution in [3.63, 3.8) is 0 Å². The van der Waals surface area contributed by atoms with Crippen LogP contribution < -0.4 is 14.4 Å². The molecule has 1 N–H and O–H groups in total. The van der Waals surface area contributed by atoms with E-state index < -0.39 is 16.1 Å². The summed E-state index contributed by atoms with van der Waals surface area (Å²) in [5.41, 5.74) is 2.26. The van der Waals surface area contributed by atoms with Crippen LogP contribution in [-0.4, -0.2) is 57.1 Å². The summed E-state index contributed by atoms with van der Waals surface area (Å²) in [6.07, 6.45) is 5.84. The molecule has 0 heterocycles. The van der Waals surface area contributed by atoms with Crippen LogP contribution in [0.25, 0.3) is 0 Å². The van der Waals surface area contributed by atoms with E-state index in [4.69, 9.17) is 16.3 Å². The van der Waals surface area contributed by atoms with Crippen molar-refractivity contribution in [3.8, 4) is 5.75 Å². The van der Waals surface area contributed by atoms with Crippen molar-refractivity contribution in [2.45, 2.75) is 63.6 Å². The monoisotopic (exact) mass is 625 g/mol. The minimum Gasteiger partial charge on any atom is -0.497 e. The Morgan fingerprint density at radius 2 is 1.65 bits per heavy atom. The molecule has 8 nitrogen and oxygen atoms in total. The normalized spacial score (nSPS) is 14.2. The largest absolute Gasteiger partial charge is 0.497 e. The number of nitrogens with one attached hydrogen (secondary N) is 1. The van der Waals surface area contributed by atoms with Crippen molar-refractivity contribution in [1.82, 2.24) is 10.2 Å². The van der Waals surface area contributed by atoms with Gasteiger partial charge in [0.1, 0.15) is 11.8 Å². The molecular formula is C33H40ClN3O5S. The summed E-state index contributed by atoms with van der Waals surface area (Å²) in [4.78, 5) is 29.5. The first kappa shape index (κ1) is 32.4. The minimum atomic E-state index is -3.60. The first-order valence-corrected chi connectivity index (χ1v) is 16.9. The van der Waals surface area contributed by atoms with E-state index in [0.29, 0.717) is 22.9 Å². The molecule has 0 radical (unpaired) electrons. The van der Waals surface area contributed by atoms with Crippen molar-refractivity contribution in [1.29, 1.82) is 0 Å². The Hall–Kier alpha value is -3.56. The van der Waals surface area contributed by atoms with Gasteiger partial charge in [-0.25, -0.2) is 8.42 Å². The molecule has 230 valence electrons. The molecule has 3 aromatic rings. The van der Waals surface area contributed by atoms with E-state index in [-0.39, 0.29) is 43.8 Å². The summed E-state index contributed by atoms with van der Waals surface area (Å²) in [7, 11) is -2.02. The molecule has 10 heteroatoms. The van der Waals surface area contributed by atoms with Gasteiger partial charge in [0, 0.05) is 37.0 Å². The van der Waals surface area contributed by atoms with Gasteiger partial charge in [0.15, 0.2) is 0 Å². The zero-order chi connectivity index (χ0) is 30.8. The Bertz CT molecular complexity index is 1460. The number of halogens is 1. The lowest BCUT2D eigenvalue weighted by Crippen LogP contribution is -2.52. The van der Waals surface area contributed by atoms with Gasteiger partial charge in [-0.1, -0.05) is 66.9 Å². The summed E-state index contributed by atoms with van der Waals surface area (Å²) in [5.74, 6) is 0.257. The smallest absolute Gasteiger partial charge is 0.243 e. The maximum Gasteiger partial charge on any atom is 0.243 e. The molecule has 3 aromatic carbocycles. The van der Waals surface area contributed by atoms with Crippen molar-refractivity contribution < 1.29 is 22.7 Å². The summed E-state index contributed by atoms with van der Waals surface area (Å²) in [6.45, 7) is 0.315. The predicted molar refractivity (Wildman–Crippen MR) is 171 cm³/mol. The van der Waals surface area contributed by atoms with Gasteiger partial charge in [0.2, 0.25) is 21.8 Å². The quantitative estimate of drug-likeness (QED) is 0.252. The van der Waals surface area contributed by atoms with E-state index in [1.807, 2.05) is 54.6 Å². The van der Waals surface area contributed by atoms with Crippen molar-refractivity contribution in [2.75, 3.05) is 24.2 Å². The zero-order valence-corrected chi connectivity index (χ0v) is 26.3. The van der Waals surface area contributed by atoms with Crippen LogP contribution in [-0.2, 0) is 32.6 Å². The van der Waals surface area contributed by atoms with E-state index in [0.717, 1.165) is 43.1 Å². The average Bonchev–Trinajstić information content (AvgIpc) is 3.50. The van der Waals surface area contributed by atoms with Crippen LogP contribution in [0, 0.1) is 0 Å². The number of carbonyl (C=O) groups is 2. The molecular weight excluding hydrogens is 586 g/mol. The number of hydrogen-bond donors (Lipinski definition) is 1. The first-order chi connectivity index (χ1) is 20.6. The standard InChI is InChI=1S/C33H40ClN3O5S/c1-42-30-15-8-12-26(22-30)24-36(31(23-25-10-4-3-5-11-25)33(39)35-28-13-6-7-14-28)32(38)16-9-21-37(43(2,40)41)29-19-17-27(34)18-20-29/h3-5,8,10-12,15,17-20,22,28,31H,6-7,9,13-14,16,21,23-24H2,1-2H3,(H,35,39). The molecule has 1 atom stereocenters. The number of anilines is 1. The maximum atomic E-state index is 14.0. The highest BCUT2D eigenvalue weighted by Crippen LogP contribution is 2.24. The molecule has 1 aliphatic rings. The molecule has 0 aromatic heterocycles. The van der Waals surface area contributed by atoms with Crippen LogP contribution in [0.4, 0.5) is 5.69 Å². The zero-order valence-electron chi connectivity index (χ0n) is 24.7. The molecule has 1 fully saturated rings. The summed E-state index contributed by atoms with van der Waals surface area (Å²) >= 11 is 6.00. The van der Waals surface area contributed by atoms with E-state index in [1.54, 1.807) is 36.3 Å². The molecule has 43 heavy (non-hydrogen) atoms. The van der Waals surface area contributed by atoms with Gasteiger partial charge >= 0.3 is 0 Å². The van der Waals surface area contributed by atoms with E-state index >= 15 is 0 Å². The number of hydrogen-bond acceptors (Lipinski definition) is 5. The third kappa shape index (κ3) is 9.46. The van der Waals surface area contributed by atoms with Crippen LogP contribution >= 0.6 is 11.6 Å². The van der Waals surface area contributed by atoms with Gasteiger partial charge in [-0.15, -0.1) is 0 Å². The van der Waals surface area contributed by atoms with Crippen LogP contribution in [0.5, 0.6) is 5.75 Å². The lowest BCUT2D eigenvalue weighted by atomic mass is 10.0. The lowest BCUT2D eigenvalue weighted by Gasteiger charge is -2.33. The van der Waals surface area contributed by atoms with Gasteiger partial charge in [0.25, 0.3) is 0 Å². The molecule has 0 spiro atoms. The van der Waals surface area contributed by atoms with Crippen LogP contribution in [0.15, 0.2) is 78.9 Å². The van der Waals surface area contributed by atoms with Crippen molar-refractivity contribution in [2.24, 2.45) is 0 Å². The third-order valence-electron chi connectivity index (χ3n) is 7.73. The summed E-state index contributed by atoms with van der Waals surface area (Å²) in [5, 5.41) is 3.71. The van der Waals surface area contributed by atoms with Crippen LogP contribution in [0.2, 0.25) is 5.02 Å². The molecule has 0 saturated heterocycles. The Kier molecular flexibility index (Phi) is 11.5. The fourth-order valence-electron chi connectivity index (χ4n) is 5.50. The second-order valence-electron chi connectivity index (χ2n) is 11.0. The van der Waals surface area contributed by atoms with Crippen LogP contribution in [0.3, 0.4) is 0 Å². The minimum absolute atomic E-state index is 0.0611. The van der Waals surface area contributed by atoms with E-state index in [2.05, 4.69) is 5.32 Å². The molecule has 1 unspecified atom stereocenters. The maximum absolute atomic E-state index is 14.0. The second-order valence-corrected chi connectivity index (χ2v) is 13.3. The summed E-state index contributed by atoms with van der Waals surface area (Å²) in [6, 6.07) is 23.0. The molecule has 0 bridgehead atoms. The summed E-state index contributed by atoms with van der Waals surface area (Å²) < 4.78 is 31.9. The van der Waals surface area contributed by atoms with E-state index in [1.165, 1.54) is 4.31 Å². The fourth-order valence-corrected chi connectivity index (χ4v) is 6.59. The predicted octanol–water partition coefficient (Wildman–Crippen LogP) is 5.59. The van der Waals surface area contributed by atoms with Gasteiger partial charge < -0.3 is 15.0 Å². The number of nitrogens with zero attached hydrogens (tertiary/aromatic N) is 2. The van der Waals surface area contributed by atoms with Crippen molar-refractivity contribution in [3.05, 3.63) is 95.0 Å². The number of carbonyl (C=O) groups excluding carboxylic acids is 2. The van der Waals surface area contributed by atoms with E-state index in [9.17, 15) is 18.0 Å². The number of benzene rings is 3. The number of amides is 2. The third-order valence-corrected chi connectivity index (χ3v) is 9.17. The Morgan fingerprint density at radius 1 is 0.977 bits per heavy atom. The number of ether oxygens (including phenoxy) is 1. The average molecular weight is 626 g/mol. The molecule has 4 rings (SSSR count). The highest BCUT2D eigenvalue weighted by molar-refractivity contribution is 7.92.